The highest BCUT2D eigenvalue weighted by molar-refractivity contribution is 9.10. The summed E-state index contributed by atoms with van der Waals surface area (Å²) in [6, 6.07) is 15.4. The molecule has 0 saturated heterocycles. The summed E-state index contributed by atoms with van der Waals surface area (Å²) < 4.78 is 28.5. The Kier molecular flexibility index (Phi) is 6.16. The summed E-state index contributed by atoms with van der Waals surface area (Å²) in [5.41, 5.74) is 1.36. The second-order valence-corrected chi connectivity index (χ2v) is 8.19. The van der Waals surface area contributed by atoms with Gasteiger partial charge in [0, 0.05) is 17.1 Å². The van der Waals surface area contributed by atoms with Crippen LogP contribution in [-0.4, -0.2) is 19.3 Å². The molecule has 2 rings (SSSR count). The van der Waals surface area contributed by atoms with Crippen molar-refractivity contribution in [3.8, 4) is 6.07 Å². The first-order valence-electron chi connectivity index (χ1n) is 7.68. The van der Waals surface area contributed by atoms with Gasteiger partial charge in [-0.2, -0.15) is 9.57 Å². The topological polar surface area (TPSA) is 61.2 Å². The molecule has 0 bridgehead atoms. The Labute approximate surface area is 151 Å². The average Bonchev–Trinajstić information content (AvgIpc) is 2.59. The van der Waals surface area contributed by atoms with Crippen molar-refractivity contribution in [2.45, 2.75) is 31.2 Å². The van der Waals surface area contributed by atoms with Gasteiger partial charge in [-0.1, -0.05) is 41.1 Å². The highest BCUT2D eigenvalue weighted by Crippen LogP contribution is 2.31. The normalized spacial score (nSPS) is 12.8. The number of rotatable bonds is 6. The van der Waals surface area contributed by atoms with Crippen molar-refractivity contribution < 1.29 is 8.42 Å². The molecular weight excluding hydrogens is 388 g/mol. The van der Waals surface area contributed by atoms with Gasteiger partial charge in [0.1, 0.15) is 0 Å². The van der Waals surface area contributed by atoms with E-state index in [1.54, 1.807) is 0 Å². The smallest absolute Gasteiger partial charge is 0.207 e. The highest BCUT2D eigenvalue weighted by Gasteiger charge is 2.30. The molecule has 126 valence electrons. The van der Waals surface area contributed by atoms with Crippen molar-refractivity contribution >= 4 is 26.0 Å². The van der Waals surface area contributed by atoms with Gasteiger partial charge in [0.2, 0.25) is 10.0 Å². The Morgan fingerprint density at radius 1 is 1.17 bits per heavy atom. The van der Waals surface area contributed by atoms with Crippen molar-refractivity contribution in [1.29, 1.82) is 5.26 Å². The number of sulfonamides is 1. The van der Waals surface area contributed by atoms with E-state index < -0.39 is 10.0 Å². The van der Waals surface area contributed by atoms with Crippen molar-refractivity contribution in [2.75, 3.05) is 6.54 Å². The van der Waals surface area contributed by atoms with Crippen LogP contribution in [0.25, 0.3) is 0 Å². The van der Waals surface area contributed by atoms with Gasteiger partial charge >= 0.3 is 0 Å². The fourth-order valence-corrected chi connectivity index (χ4v) is 4.87. The minimum atomic E-state index is -3.65. The van der Waals surface area contributed by atoms with E-state index in [4.69, 9.17) is 5.26 Å². The van der Waals surface area contributed by atoms with Crippen LogP contribution >= 0.6 is 15.9 Å². The van der Waals surface area contributed by atoms with Crippen LogP contribution in [0, 0.1) is 11.3 Å². The van der Waals surface area contributed by atoms with Gasteiger partial charge in [-0.05, 0) is 49.2 Å². The molecule has 0 aliphatic heterocycles. The van der Waals surface area contributed by atoms with Crippen molar-refractivity contribution in [3.05, 3.63) is 64.1 Å². The zero-order valence-electron chi connectivity index (χ0n) is 13.6. The van der Waals surface area contributed by atoms with Crippen LogP contribution in [0.15, 0.2) is 57.9 Å². The Balaban J connectivity index is 2.45. The molecular formula is C18H19BrN2O2S. The number of nitrogens with zero attached hydrogens (tertiary/aromatic N) is 2. The zero-order chi connectivity index (χ0) is 17.7. The fraction of sp³-hybridized carbons (Fsp3) is 0.278. The minimum Gasteiger partial charge on any atom is -0.207 e. The maximum absolute atomic E-state index is 13.1. The molecule has 0 radical (unpaired) electrons. The molecule has 1 unspecified atom stereocenters. The molecule has 0 amide bonds. The summed E-state index contributed by atoms with van der Waals surface area (Å²) in [4.78, 5) is 0.203. The van der Waals surface area contributed by atoms with E-state index in [9.17, 15) is 8.42 Å². The molecule has 0 aromatic heterocycles. The van der Waals surface area contributed by atoms with Crippen LogP contribution in [0.1, 0.15) is 37.4 Å². The van der Waals surface area contributed by atoms with Crippen LogP contribution in [0.4, 0.5) is 0 Å². The fourth-order valence-electron chi connectivity index (χ4n) is 2.55. The van der Waals surface area contributed by atoms with Gasteiger partial charge in [0.25, 0.3) is 0 Å². The lowest BCUT2D eigenvalue weighted by Gasteiger charge is -2.29. The second kappa shape index (κ2) is 7.93. The summed E-state index contributed by atoms with van der Waals surface area (Å²) in [5.74, 6) is 0. The highest BCUT2D eigenvalue weighted by atomic mass is 79.9. The molecule has 1 atom stereocenters. The molecule has 2 aromatic rings. The predicted molar refractivity (Wildman–Crippen MR) is 97.9 cm³/mol. The summed E-state index contributed by atoms with van der Waals surface area (Å²) in [6.45, 7) is 4.26. The van der Waals surface area contributed by atoms with Crippen molar-refractivity contribution in [3.63, 3.8) is 0 Å². The first kappa shape index (κ1) is 18.7. The van der Waals surface area contributed by atoms with E-state index >= 15 is 0 Å². The molecule has 6 heteroatoms. The number of hydrogen-bond acceptors (Lipinski definition) is 3. The van der Waals surface area contributed by atoms with Crippen LogP contribution in [0.5, 0.6) is 0 Å². The summed E-state index contributed by atoms with van der Waals surface area (Å²) in [7, 11) is -3.65. The monoisotopic (exact) mass is 406 g/mol. The van der Waals surface area contributed by atoms with Crippen LogP contribution in [0.3, 0.4) is 0 Å². The Hall–Kier alpha value is -1.68. The first-order chi connectivity index (χ1) is 11.4. The van der Waals surface area contributed by atoms with Crippen molar-refractivity contribution in [1.82, 2.24) is 4.31 Å². The maximum Gasteiger partial charge on any atom is 0.243 e. The van der Waals surface area contributed by atoms with Gasteiger partial charge in [0.15, 0.2) is 0 Å². The third-order valence-electron chi connectivity index (χ3n) is 3.82. The number of nitriles is 1. The second-order valence-electron chi connectivity index (χ2n) is 5.45. The Morgan fingerprint density at radius 3 is 2.33 bits per heavy atom. The van der Waals surface area contributed by atoms with Gasteiger partial charge in [-0.3, -0.25) is 0 Å². The third kappa shape index (κ3) is 3.86. The van der Waals surface area contributed by atoms with Gasteiger partial charge < -0.3 is 0 Å². The van der Waals surface area contributed by atoms with E-state index in [-0.39, 0.29) is 10.9 Å². The molecule has 2 aromatic carbocycles. The number of halogens is 1. The SMILES string of the molecule is CCCN(C(C)c1ccccc1Br)S(=O)(=O)c1ccc(C#N)cc1. The van der Waals surface area contributed by atoms with Gasteiger partial charge in [-0.15, -0.1) is 0 Å². The largest absolute Gasteiger partial charge is 0.243 e. The summed E-state index contributed by atoms with van der Waals surface area (Å²) >= 11 is 3.50. The van der Waals surface area contributed by atoms with E-state index in [2.05, 4.69) is 15.9 Å². The molecule has 0 fully saturated rings. The Morgan fingerprint density at radius 2 is 1.79 bits per heavy atom. The Bertz CT molecular complexity index is 842. The van der Waals surface area contributed by atoms with Crippen molar-refractivity contribution in [2.24, 2.45) is 0 Å². The van der Waals surface area contributed by atoms with E-state index in [1.165, 1.54) is 28.6 Å². The van der Waals surface area contributed by atoms with Gasteiger partial charge in [0.05, 0.1) is 16.5 Å². The minimum absolute atomic E-state index is 0.203. The molecule has 0 saturated carbocycles. The standard InChI is InChI=1S/C18H19BrN2O2S/c1-3-12-21(14(2)17-6-4-5-7-18(17)19)24(22,23)16-10-8-15(13-20)9-11-16/h4-11,14H,3,12H2,1-2H3. The summed E-state index contributed by atoms with van der Waals surface area (Å²) in [5, 5.41) is 8.88. The number of hydrogen-bond donors (Lipinski definition) is 0. The number of benzene rings is 2. The third-order valence-corrected chi connectivity index (χ3v) is 6.53. The van der Waals surface area contributed by atoms with Gasteiger partial charge in [-0.25, -0.2) is 8.42 Å². The zero-order valence-corrected chi connectivity index (χ0v) is 16.0. The van der Waals surface area contributed by atoms with Crippen LogP contribution in [-0.2, 0) is 10.0 Å². The average molecular weight is 407 g/mol. The lowest BCUT2D eigenvalue weighted by atomic mass is 10.1. The first-order valence-corrected chi connectivity index (χ1v) is 9.91. The van der Waals surface area contributed by atoms with E-state index in [1.807, 2.05) is 44.2 Å². The molecule has 0 aliphatic carbocycles. The van der Waals surface area contributed by atoms with Crippen LogP contribution < -0.4 is 0 Å². The summed E-state index contributed by atoms with van der Waals surface area (Å²) in [6.07, 6.45) is 0.713. The molecule has 0 aliphatic rings. The molecule has 24 heavy (non-hydrogen) atoms. The lowest BCUT2D eigenvalue weighted by molar-refractivity contribution is 0.341. The molecule has 0 heterocycles. The van der Waals surface area contributed by atoms with Crippen LogP contribution in [0.2, 0.25) is 0 Å². The van der Waals surface area contributed by atoms with E-state index in [0.29, 0.717) is 18.5 Å². The molecule has 0 N–H and O–H groups in total. The maximum atomic E-state index is 13.1. The quantitative estimate of drug-likeness (QED) is 0.709. The van der Waals surface area contributed by atoms with E-state index in [0.717, 1.165) is 10.0 Å². The lowest BCUT2D eigenvalue weighted by Crippen LogP contribution is -2.34. The predicted octanol–water partition coefficient (Wildman–Crippen LogP) is 4.48. The molecule has 4 nitrogen and oxygen atoms in total. The molecule has 0 spiro atoms.